The molecule has 0 bridgehead atoms. The fraction of sp³-hybridized carbons (Fsp3) is 0.571. The van der Waals surface area contributed by atoms with Crippen molar-refractivity contribution < 1.29 is 5.11 Å². The summed E-state index contributed by atoms with van der Waals surface area (Å²) in [4.78, 5) is 6.75. The first kappa shape index (κ1) is 12.8. The predicted octanol–water partition coefficient (Wildman–Crippen LogP) is 1.86. The van der Waals surface area contributed by atoms with Crippen LogP contribution in [0.2, 0.25) is 0 Å². The van der Waals surface area contributed by atoms with E-state index in [0.717, 1.165) is 37.4 Å². The van der Waals surface area contributed by atoms with E-state index in [2.05, 4.69) is 16.0 Å². The Bertz CT molecular complexity index is 451. The monoisotopic (exact) mass is 245 g/mol. The van der Waals surface area contributed by atoms with Gasteiger partial charge in [0.2, 0.25) is 0 Å². The molecule has 1 aromatic rings. The molecule has 0 aromatic carbocycles. The quantitative estimate of drug-likeness (QED) is 0.883. The zero-order valence-corrected chi connectivity index (χ0v) is 10.8. The minimum Gasteiger partial charge on any atom is -0.396 e. The van der Waals surface area contributed by atoms with Gasteiger partial charge < -0.3 is 10.0 Å². The van der Waals surface area contributed by atoms with Gasteiger partial charge in [-0.2, -0.15) is 5.26 Å². The highest BCUT2D eigenvalue weighted by Gasteiger charge is 2.20. The number of aryl methyl sites for hydroxylation is 1. The third kappa shape index (κ3) is 2.99. The van der Waals surface area contributed by atoms with E-state index in [1.165, 1.54) is 6.42 Å². The summed E-state index contributed by atoms with van der Waals surface area (Å²) in [5.41, 5.74) is 1.55. The van der Waals surface area contributed by atoms with Crippen molar-refractivity contribution in [2.75, 3.05) is 24.6 Å². The molecule has 0 radical (unpaired) electrons. The molecule has 1 unspecified atom stereocenters. The van der Waals surface area contributed by atoms with Crippen LogP contribution in [0.3, 0.4) is 0 Å². The Kier molecular flexibility index (Phi) is 4.16. The topological polar surface area (TPSA) is 60.2 Å². The summed E-state index contributed by atoms with van der Waals surface area (Å²) >= 11 is 0. The number of hydrogen-bond donors (Lipinski definition) is 1. The molecular weight excluding hydrogens is 226 g/mol. The van der Waals surface area contributed by atoms with Gasteiger partial charge in [0.25, 0.3) is 0 Å². The number of aromatic nitrogens is 1. The first-order valence-corrected chi connectivity index (χ1v) is 6.47. The summed E-state index contributed by atoms with van der Waals surface area (Å²) in [6.07, 6.45) is 3.16. The second-order valence-electron chi connectivity index (χ2n) is 4.93. The number of pyridine rings is 1. The van der Waals surface area contributed by atoms with E-state index in [1.807, 2.05) is 13.0 Å². The van der Waals surface area contributed by atoms with Crippen LogP contribution in [-0.4, -0.2) is 29.8 Å². The van der Waals surface area contributed by atoms with E-state index in [-0.39, 0.29) is 6.61 Å². The van der Waals surface area contributed by atoms with Crippen molar-refractivity contribution in [2.45, 2.75) is 26.2 Å². The van der Waals surface area contributed by atoms with Crippen molar-refractivity contribution >= 4 is 5.82 Å². The molecule has 1 fully saturated rings. The minimum atomic E-state index is 0.253. The van der Waals surface area contributed by atoms with Gasteiger partial charge in [0.1, 0.15) is 5.82 Å². The van der Waals surface area contributed by atoms with Crippen molar-refractivity contribution in [2.24, 2.45) is 5.92 Å². The van der Waals surface area contributed by atoms with E-state index in [9.17, 15) is 0 Å². The Morgan fingerprint density at radius 3 is 3.11 bits per heavy atom. The number of aliphatic hydroxyl groups excluding tert-OH is 1. The van der Waals surface area contributed by atoms with E-state index in [4.69, 9.17) is 10.4 Å². The lowest BCUT2D eigenvalue weighted by Gasteiger charge is -2.33. The largest absolute Gasteiger partial charge is 0.396 e. The number of aliphatic hydroxyl groups is 1. The maximum absolute atomic E-state index is 9.02. The number of anilines is 1. The first-order valence-electron chi connectivity index (χ1n) is 6.47. The normalized spacial score (nSPS) is 19.6. The molecule has 0 spiro atoms. The van der Waals surface area contributed by atoms with Gasteiger partial charge in [-0.3, -0.25) is 0 Å². The van der Waals surface area contributed by atoms with Crippen LogP contribution in [0, 0.1) is 24.2 Å². The van der Waals surface area contributed by atoms with Crippen LogP contribution in [0.25, 0.3) is 0 Å². The lowest BCUT2D eigenvalue weighted by atomic mass is 9.95. The summed E-state index contributed by atoms with van der Waals surface area (Å²) in [6.45, 7) is 4.09. The van der Waals surface area contributed by atoms with Crippen molar-refractivity contribution in [1.82, 2.24) is 4.98 Å². The van der Waals surface area contributed by atoms with Gasteiger partial charge in [-0.25, -0.2) is 4.98 Å². The molecule has 18 heavy (non-hydrogen) atoms. The van der Waals surface area contributed by atoms with Gasteiger partial charge in [0.05, 0.1) is 11.6 Å². The molecule has 2 rings (SSSR count). The van der Waals surface area contributed by atoms with E-state index < -0.39 is 0 Å². The van der Waals surface area contributed by atoms with Gasteiger partial charge >= 0.3 is 0 Å². The summed E-state index contributed by atoms with van der Waals surface area (Å²) in [6, 6.07) is 5.84. The first-order chi connectivity index (χ1) is 8.72. The highest BCUT2D eigenvalue weighted by molar-refractivity contribution is 5.46. The molecule has 1 atom stereocenters. The summed E-state index contributed by atoms with van der Waals surface area (Å²) < 4.78 is 0. The third-order valence-electron chi connectivity index (χ3n) is 3.45. The van der Waals surface area contributed by atoms with Crippen molar-refractivity contribution in [3.05, 3.63) is 23.4 Å². The molecule has 1 aromatic heterocycles. The summed E-state index contributed by atoms with van der Waals surface area (Å²) in [5, 5.41) is 18.0. The fourth-order valence-electron chi connectivity index (χ4n) is 2.57. The second-order valence-corrected chi connectivity index (χ2v) is 4.93. The van der Waals surface area contributed by atoms with Gasteiger partial charge in [-0.1, -0.05) is 0 Å². The Morgan fingerprint density at radius 2 is 2.39 bits per heavy atom. The lowest BCUT2D eigenvalue weighted by molar-refractivity contribution is 0.244. The molecule has 96 valence electrons. The molecule has 1 aliphatic heterocycles. The van der Waals surface area contributed by atoms with Crippen LogP contribution >= 0.6 is 0 Å². The van der Waals surface area contributed by atoms with E-state index in [1.54, 1.807) is 6.07 Å². The van der Waals surface area contributed by atoms with Crippen molar-refractivity contribution in [3.63, 3.8) is 0 Å². The standard InChI is InChI=1S/C14H19N3O/c1-11-7-13(9-15)8-14(16-11)17-5-2-3-12(10-17)4-6-18/h7-8,12,18H,2-6,10H2,1H3. The molecule has 4 nitrogen and oxygen atoms in total. The van der Waals surface area contributed by atoms with Crippen LogP contribution in [0.15, 0.2) is 12.1 Å². The maximum Gasteiger partial charge on any atom is 0.130 e. The second kappa shape index (κ2) is 5.83. The Hall–Kier alpha value is -1.60. The maximum atomic E-state index is 9.02. The molecule has 2 heterocycles. The average molecular weight is 245 g/mol. The molecule has 1 saturated heterocycles. The number of rotatable bonds is 3. The highest BCUT2D eigenvalue weighted by Crippen LogP contribution is 2.24. The lowest BCUT2D eigenvalue weighted by Crippen LogP contribution is -2.36. The Balaban J connectivity index is 2.15. The number of piperidine rings is 1. The molecule has 0 saturated carbocycles. The molecule has 0 aliphatic carbocycles. The third-order valence-corrected chi connectivity index (χ3v) is 3.45. The highest BCUT2D eigenvalue weighted by atomic mass is 16.3. The van der Waals surface area contributed by atoms with Crippen LogP contribution in [0.1, 0.15) is 30.5 Å². The zero-order chi connectivity index (χ0) is 13.0. The Morgan fingerprint density at radius 1 is 1.56 bits per heavy atom. The minimum absolute atomic E-state index is 0.253. The average Bonchev–Trinajstić information content (AvgIpc) is 2.39. The van der Waals surface area contributed by atoms with E-state index in [0.29, 0.717) is 11.5 Å². The molecular formula is C14H19N3O. The van der Waals surface area contributed by atoms with Gasteiger partial charge in [0.15, 0.2) is 0 Å². The van der Waals surface area contributed by atoms with Crippen LogP contribution in [0.5, 0.6) is 0 Å². The summed E-state index contributed by atoms with van der Waals surface area (Å²) in [7, 11) is 0. The Labute approximate surface area is 108 Å². The van der Waals surface area contributed by atoms with E-state index >= 15 is 0 Å². The van der Waals surface area contributed by atoms with Crippen LogP contribution < -0.4 is 4.90 Å². The SMILES string of the molecule is Cc1cc(C#N)cc(N2CCCC(CCO)C2)n1. The number of nitriles is 1. The molecule has 4 heteroatoms. The molecule has 1 N–H and O–H groups in total. The van der Waals surface area contributed by atoms with Crippen molar-refractivity contribution in [3.8, 4) is 6.07 Å². The fourth-order valence-corrected chi connectivity index (χ4v) is 2.57. The number of hydrogen-bond acceptors (Lipinski definition) is 4. The zero-order valence-electron chi connectivity index (χ0n) is 10.8. The smallest absolute Gasteiger partial charge is 0.130 e. The summed E-state index contributed by atoms with van der Waals surface area (Å²) in [5.74, 6) is 1.44. The van der Waals surface area contributed by atoms with Crippen LogP contribution in [0.4, 0.5) is 5.82 Å². The van der Waals surface area contributed by atoms with Gasteiger partial charge in [-0.15, -0.1) is 0 Å². The molecule has 0 amide bonds. The molecule has 1 aliphatic rings. The number of nitrogens with zero attached hydrogens (tertiary/aromatic N) is 3. The van der Waals surface area contributed by atoms with Gasteiger partial charge in [0, 0.05) is 25.4 Å². The van der Waals surface area contributed by atoms with Crippen LogP contribution in [-0.2, 0) is 0 Å². The van der Waals surface area contributed by atoms with Crippen molar-refractivity contribution in [1.29, 1.82) is 5.26 Å². The predicted molar refractivity (Wildman–Crippen MR) is 70.3 cm³/mol. The van der Waals surface area contributed by atoms with Gasteiger partial charge in [-0.05, 0) is 44.2 Å².